The van der Waals surface area contributed by atoms with Crippen LogP contribution in [-0.2, 0) is 9.53 Å². The van der Waals surface area contributed by atoms with Crippen molar-refractivity contribution in [2.75, 3.05) is 0 Å². The van der Waals surface area contributed by atoms with Gasteiger partial charge in [0.15, 0.2) is 0 Å². The molecule has 0 bridgehead atoms. The topological polar surface area (TPSA) is 46.5 Å². The van der Waals surface area contributed by atoms with Crippen molar-refractivity contribution >= 4 is 11.5 Å². The van der Waals surface area contributed by atoms with E-state index in [1.807, 2.05) is 20.8 Å². The Bertz CT molecular complexity index is 520. The summed E-state index contributed by atoms with van der Waals surface area (Å²) in [5, 5.41) is 9.26. The molecule has 5 heteroatoms. The second-order valence-corrected chi connectivity index (χ2v) is 4.65. The van der Waals surface area contributed by atoms with Crippen LogP contribution in [0.2, 0.25) is 0 Å². The maximum absolute atomic E-state index is 13.2. The number of halogens is 2. The minimum atomic E-state index is -1.31. The Labute approximate surface area is 123 Å². The fourth-order valence-electron chi connectivity index (χ4n) is 2.27. The van der Waals surface area contributed by atoms with Crippen LogP contribution in [0.3, 0.4) is 0 Å². The highest BCUT2D eigenvalue weighted by molar-refractivity contribution is 5.83. The number of hydrogen-bond acceptors (Lipinski definition) is 2. The first-order valence-electron chi connectivity index (χ1n) is 7.03. The summed E-state index contributed by atoms with van der Waals surface area (Å²) in [6, 6.07) is 3.11. The zero-order chi connectivity index (χ0) is 16.0. The molecule has 1 aliphatic rings. The van der Waals surface area contributed by atoms with Crippen molar-refractivity contribution in [1.29, 1.82) is 0 Å². The lowest BCUT2D eigenvalue weighted by Gasteiger charge is -2.23. The van der Waals surface area contributed by atoms with E-state index in [4.69, 9.17) is 4.74 Å². The first-order valence-corrected chi connectivity index (χ1v) is 7.03. The molecule has 0 saturated carbocycles. The van der Waals surface area contributed by atoms with Gasteiger partial charge in [-0.15, -0.1) is 0 Å². The molecule has 1 unspecified atom stereocenters. The van der Waals surface area contributed by atoms with Crippen LogP contribution in [-0.4, -0.2) is 16.7 Å². The molecule has 0 saturated heterocycles. The SMILES string of the molecule is CC.CCCC1(C(=O)O)CC(c2cc(F)cc(F)c2)=CO1. The van der Waals surface area contributed by atoms with Gasteiger partial charge in [-0.2, -0.15) is 0 Å². The molecule has 2 rings (SSSR count). The summed E-state index contributed by atoms with van der Waals surface area (Å²) in [7, 11) is 0. The van der Waals surface area contributed by atoms with Crippen LogP contribution in [0, 0.1) is 11.6 Å². The van der Waals surface area contributed by atoms with Gasteiger partial charge in [0, 0.05) is 12.5 Å². The van der Waals surface area contributed by atoms with E-state index in [1.54, 1.807) is 0 Å². The van der Waals surface area contributed by atoms with Crippen molar-refractivity contribution in [2.45, 2.75) is 45.6 Å². The van der Waals surface area contributed by atoms with Crippen LogP contribution in [0.15, 0.2) is 24.5 Å². The number of rotatable bonds is 4. The minimum Gasteiger partial charge on any atom is -0.483 e. The molecule has 1 aliphatic heterocycles. The molecule has 0 radical (unpaired) electrons. The lowest BCUT2D eigenvalue weighted by atomic mass is 9.89. The highest BCUT2D eigenvalue weighted by Gasteiger charge is 2.44. The Balaban J connectivity index is 0.00000106. The zero-order valence-electron chi connectivity index (χ0n) is 12.5. The molecule has 1 atom stereocenters. The number of carbonyl (C=O) groups is 1. The molecule has 3 nitrogen and oxygen atoms in total. The summed E-state index contributed by atoms with van der Waals surface area (Å²) >= 11 is 0. The molecule has 0 fully saturated rings. The zero-order valence-corrected chi connectivity index (χ0v) is 12.5. The van der Waals surface area contributed by atoms with Crippen LogP contribution >= 0.6 is 0 Å². The van der Waals surface area contributed by atoms with Gasteiger partial charge in [0.25, 0.3) is 0 Å². The van der Waals surface area contributed by atoms with E-state index in [2.05, 4.69) is 0 Å². The van der Waals surface area contributed by atoms with Gasteiger partial charge in [0.05, 0.1) is 6.26 Å². The number of carboxylic acid groups (broad SMARTS) is 1. The maximum Gasteiger partial charge on any atom is 0.348 e. The summed E-state index contributed by atoms with van der Waals surface area (Å²) in [6.07, 6.45) is 2.39. The number of ether oxygens (including phenoxy) is 1. The third kappa shape index (κ3) is 3.80. The molecule has 116 valence electrons. The van der Waals surface area contributed by atoms with E-state index in [9.17, 15) is 18.7 Å². The van der Waals surface area contributed by atoms with E-state index in [-0.39, 0.29) is 6.42 Å². The van der Waals surface area contributed by atoms with Crippen LogP contribution < -0.4 is 0 Å². The fourth-order valence-corrected chi connectivity index (χ4v) is 2.27. The number of benzene rings is 1. The molecule has 0 spiro atoms. The van der Waals surface area contributed by atoms with Crippen molar-refractivity contribution in [3.05, 3.63) is 41.7 Å². The van der Waals surface area contributed by atoms with Gasteiger partial charge in [-0.05, 0) is 29.7 Å². The van der Waals surface area contributed by atoms with Gasteiger partial charge < -0.3 is 9.84 Å². The lowest BCUT2D eigenvalue weighted by molar-refractivity contribution is -0.157. The second-order valence-electron chi connectivity index (χ2n) is 4.65. The second kappa shape index (κ2) is 7.20. The van der Waals surface area contributed by atoms with Crippen molar-refractivity contribution in [3.63, 3.8) is 0 Å². The summed E-state index contributed by atoms with van der Waals surface area (Å²) in [5.74, 6) is -2.45. The van der Waals surface area contributed by atoms with Crippen molar-refractivity contribution in [2.24, 2.45) is 0 Å². The summed E-state index contributed by atoms with van der Waals surface area (Å²) in [6.45, 7) is 5.86. The van der Waals surface area contributed by atoms with Crippen LogP contribution in [0.25, 0.3) is 5.57 Å². The van der Waals surface area contributed by atoms with E-state index in [0.717, 1.165) is 6.07 Å². The van der Waals surface area contributed by atoms with Crippen molar-refractivity contribution in [1.82, 2.24) is 0 Å². The average molecular weight is 298 g/mol. The largest absolute Gasteiger partial charge is 0.483 e. The van der Waals surface area contributed by atoms with E-state index >= 15 is 0 Å². The van der Waals surface area contributed by atoms with E-state index < -0.39 is 23.2 Å². The van der Waals surface area contributed by atoms with Gasteiger partial charge in [0.1, 0.15) is 11.6 Å². The Morgan fingerprint density at radius 1 is 1.29 bits per heavy atom. The molecule has 21 heavy (non-hydrogen) atoms. The number of carboxylic acids is 1. The molecule has 0 aromatic heterocycles. The molecule has 0 amide bonds. The fraction of sp³-hybridized carbons (Fsp3) is 0.438. The highest BCUT2D eigenvalue weighted by atomic mass is 19.1. The first-order chi connectivity index (χ1) is 9.97. The first kappa shape index (κ1) is 17.1. The van der Waals surface area contributed by atoms with Crippen LogP contribution in [0.5, 0.6) is 0 Å². The Hall–Kier alpha value is -1.91. The molecule has 1 aromatic rings. The molecular formula is C16H20F2O3. The molecule has 1 aromatic carbocycles. The molecular weight excluding hydrogens is 278 g/mol. The third-order valence-corrected chi connectivity index (χ3v) is 3.18. The van der Waals surface area contributed by atoms with Crippen LogP contribution in [0.1, 0.15) is 45.6 Å². The number of hydrogen-bond donors (Lipinski definition) is 1. The lowest BCUT2D eigenvalue weighted by Crippen LogP contribution is -2.37. The Morgan fingerprint density at radius 2 is 1.86 bits per heavy atom. The summed E-state index contributed by atoms with van der Waals surface area (Å²) in [5.41, 5.74) is -0.502. The Kier molecular flexibility index (Phi) is 5.88. The molecule has 0 aliphatic carbocycles. The smallest absolute Gasteiger partial charge is 0.348 e. The summed E-state index contributed by atoms with van der Waals surface area (Å²) < 4.78 is 31.6. The van der Waals surface area contributed by atoms with Gasteiger partial charge in [-0.1, -0.05) is 27.2 Å². The van der Waals surface area contributed by atoms with Gasteiger partial charge in [0.2, 0.25) is 5.60 Å². The van der Waals surface area contributed by atoms with Crippen molar-refractivity contribution in [3.8, 4) is 0 Å². The third-order valence-electron chi connectivity index (χ3n) is 3.18. The van der Waals surface area contributed by atoms with Gasteiger partial charge >= 0.3 is 5.97 Å². The minimum absolute atomic E-state index is 0.110. The van der Waals surface area contributed by atoms with E-state index in [1.165, 1.54) is 18.4 Å². The average Bonchev–Trinajstić information content (AvgIpc) is 2.86. The Morgan fingerprint density at radius 3 is 2.33 bits per heavy atom. The maximum atomic E-state index is 13.2. The highest BCUT2D eigenvalue weighted by Crippen LogP contribution is 2.38. The van der Waals surface area contributed by atoms with Gasteiger partial charge in [-0.25, -0.2) is 13.6 Å². The standard InChI is InChI=1S/C14H14F2O3.C2H6/c1-2-3-14(13(17)18)7-10(8-19-14)9-4-11(15)6-12(16)5-9;1-2/h4-6,8H,2-3,7H2,1H3,(H,17,18);1-2H3. The number of aliphatic carboxylic acids is 1. The van der Waals surface area contributed by atoms with Crippen molar-refractivity contribution < 1.29 is 23.4 Å². The predicted molar refractivity (Wildman–Crippen MR) is 76.7 cm³/mol. The monoisotopic (exact) mass is 298 g/mol. The normalized spacial score (nSPS) is 20.1. The van der Waals surface area contributed by atoms with Crippen LogP contribution in [0.4, 0.5) is 8.78 Å². The summed E-state index contributed by atoms with van der Waals surface area (Å²) in [4.78, 5) is 11.3. The van der Waals surface area contributed by atoms with E-state index in [0.29, 0.717) is 24.0 Å². The molecule has 1 N–H and O–H groups in total. The predicted octanol–water partition coefficient (Wildman–Crippen LogP) is 4.38. The van der Waals surface area contributed by atoms with Gasteiger partial charge in [-0.3, -0.25) is 0 Å². The molecule has 1 heterocycles. The quantitative estimate of drug-likeness (QED) is 0.897.